The first-order valence-corrected chi connectivity index (χ1v) is 14.1. The highest BCUT2D eigenvalue weighted by Gasteiger charge is 2.49. The molecule has 44 heavy (non-hydrogen) atoms. The van der Waals surface area contributed by atoms with Crippen molar-refractivity contribution in [2.75, 3.05) is 6.61 Å². The van der Waals surface area contributed by atoms with E-state index in [0.717, 1.165) is 4.57 Å². The van der Waals surface area contributed by atoms with Crippen LogP contribution in [0.1, 0.15) is 56.2 Å². The summed E-state index contributed by atoms with van der Waals surface area (Å²) < 4.78 is 24.7. The summed E-state index contributed by atoms with van der Waals surface area (Å²) in [5.74, 6) is -2.30. The Kier molecular flexibility index (Phi) is 9.46. The summed E-state index contributed by atoms with van der Waals surface area (Å²) in [4.78, 5) is 67.7. The number of carbonyl (C=O) groups is 3. The number of aryl methyl sites for hydroxylation is 1. The number of nitrogens with one attached hydrogen (secondary N) is 1. The smallest absolute Gasteiger partial charge is 0.338 e. The van der Waals surface area contributed by atoms with E-state index in [1.54, 1.807) is 78.9 Å². The number of nitrogens with zero attached hydrogens (tertiary/aromatic N) is 1. The predicted molar refractivity (Wildman–Crippen MR) is 157 cm³/mol. The number of H-pyrrole nitrogens is 1. The number of hydrogen-bond acceptors (Lipinski definition) is 9. The van der Waals surface area contributed by atoms with Crippen molar-refractivity contribution in [2.45, 2.75) is 44.3 Å². The largest absolute Gasteiger partial charge is 0.452 e. The molecule has 0 amide bonds. The van der Waals surface area contributed by atoms with Crippen molar-refractivity contribution in [2.24, 2.45) is 0 Å². The molecule has 1 aliphatic heterocycles. The van der Waals surface area contributed by atoms with Gasteiger partial charge in [0.1, 0.15) is 0 Å². The molecule has 1 saturated heterocycles. The molecule has 1 N–H and O–H groups in total. The lowest BCUT2D eigenvalue weighted by Crippen LogP contribution is -2.57. The van der Waals surface area contributed by atoms with E-state index in [1.807, 2.05) is 6.92 Å². The number of hydrogen-bond donors (Lipinski definition) is 1. The van der Waals surface area contributed by atoms with Crippen LogP contribution in [0, 0.1) is 0 Å². The van der Waals surface area contributed by atoms with Crippen LogP contribution in [-0.2, 0) is 25.4 Å². The molecule has 4 aromatic rings. The lowest BCUT2D eigenvalue weighted by Gasteiger charge is -2.41. The summed E-state index contributed by atoms with van der Waals surface area (Å²) in [7, 11) is 0. The van der Waals surface area contributed by atoms with Crippen LogP contribution in [0.5, 0.6) is 0 Å². The molecule has 0 saturated carbocycles. The highest BCUT2D eigenvalue weighted by atomic mass is 16.6. The Labute approximate surface area is 252 Å². The topological polar surface area (TPSA) is 143 Å². The first kappa shape index (κ1) is 30.2. The van der Waals surface area contributed by atoms with Crippen molar-refractivity contribution in [3.63, 3.8) is 0 Å². The van der Waals surface area contributed by atoms with Crippen LogP contribution < -0.4 is 11.2 Å². The Morgan fingerprint density at radius 3 is 1.73 bits per heavy atom. The lowest BCUT2D eigenvalue weighted by atomic mass is 10.0. The van der Waals surface area contributed by atoms with Gasteiger partial charge in [0.15, 0.2) is 24.5 Å². The third kappa shape index (κ3) is 6.84. The van der Waals surface area contributed by atoms with Crippen molar-refractivity contribution in [1.82, 2.24) is 9.55 Å². The second kappa shape index (κ2) is 13.8. The molecule has 11 heteroatoms. The average molecular weight is 599 g/mol. The van der Waals surface area contributed by atoms with Gasteiger partial charge in [-0.1, -0.05) is 67.9 Å². The molecule has 4 unspecified atom stereocenters. The number of benzene rings is 3. The predicted octanol–water partition coefficient (Wildman–Crippen LogP) is 3.69. The van der Waals surface area contributed by atoms with Gasteiger partial charge >= 0.3 is 23.6 Å². The van der Waals surface area contributed by atoms with Crippen molar-refractivity contribution in [3.8, 4) is 0 Å². The summed E-state index contributed by atoms with van der Waals surface area (Å²) in [5.41, 5.74) is -0.454. The molecule has 0 aliphatic carbocycles. The van der Waals surface area contributed by atoms with Crippen LogP contribution in [-0.4, -0.2) is 52.4 Å². The summed E-state index contributed by atoms with van der Waals surface area (Å²) in [6.45, 7) is 1.55. The van der Waals surface area contributed by atoms with Gasteiger partial charge in [-0.05, 0) is 42.8 Å². The fourth-order valence-corrected chi connectivity index (χ4v) is 4.84. The zero-order valence-corrected chi connectivity index (χ0v) is 23.8. The average Bonchev–Trinajstić information content (AvgIpc) is 3.05. The maximum Gasteiger partial charge on any atom is 0.338 e. The van der Waals surface area contributed by atoms with Gasteiger partial charge in [-0.25, -0.2) is 19.2 Å². The Hall–Kier alpha value is -5.29. The molecule has 226 valence electrons. The monoisotopic (exact) mass is 598 g/mol. The first-order chi connectivity index (χ1) is 21.4. The molecule has 1 aromatic heterocycles. The molecular formula is C33H30N2O9. The van der Waals surface area contributed by atoms with E-state index in [4.69, 9.17) is 18.9 Å². The Morgan fingerprint density at radius 2 is 1.23 bits per heavy atom. The molecule has 1 fully saturated rings. The van der Waals surface area contributed by atoms with E-state index >= 15 is 0 Å². The van der Waals surface area contributed by atoms with E-state index < -0.39 is 53.7 Å². The van der Waals surface area contributed by atoms with Crippen LogP contribution >= 0.6 is 0 Å². The highest BCUT2D eigenvalue weighted by molar-refractivity contribution is 5.91. The van der Waals surface area contributed by atoms with Gasteiger partial charge < -0.3 is 18.9 Å². The molecule has 0 radical (unpaired) electrons. The number of aromatic amines is 1. The number of ether oxygens (including phenoxy) is 4. The van der Waals surface area contributed by atoms with Gasteiger partial charge in [0.05, 0.1) is 23.3 Å². The second-order valence-corrected chi connectivity index (χ2v) is 10.1. The summed E-state index contributed by atoms with van der Waals surface area (Å²) >= 11 is 0. The molecule has 4 atom stereocenters. The van der Waals surface area contributed by atoms with Gasteiger partial charge in [0.2, 0.25) is 0 Å². The third-order valence-corrected chi connectivity index (χ3v) is 7.01. The third-order valence-electron chi connectivity index (χ3n) is 7.01. The van der Waals surface area contributed by atoms with Crippen molar-refractivity contribution in [3.05, 3.63) is 140 Å². The molecule has 11 nitrogen and oxygen atoms in total. The van der Waals surface area contributed by atoms with Crippen LogP contribution in [0.3, 0.4) is 0 Å². The van der Waals surface area contributed by atoms with Gasteiger partial charge in [-0.3, -0.25) is 14.3 Å². The normalized spacial score (nSPS) is 19.5. The highest BCUT2D eigenvalue weighted by Crippen LogP contribution is 2.31. The van der Waals surface area contributed by atoms with E-state index in [9.17, 15) is 24.0 Å². The van der Waals surface area contributed by atoms with Crippen LogP contribution in [0.15, 0.2) is 107 Å². The fraction of sp³-hybridized carbons (Fsp3) is 0.242. The maximum atomic E-state index is 13.4. The number of aromatic nitrogens is 2. The van der Waals surface area contributed by atoms with Crippen molar-refractivity contribution < 1.29 is 33.3 Å². The maximum absolute atomic E-state index is 13.4. The molecule has 0 bridgehead atoms. The summed E-state index contributed by atoms with van der Waals surface area (Å²) in [5, 5.41) is 0. The molecule has 0 spiro atoms. The molecular weight excluding hydrogens is 568 g/mol. The standard InChI is InChI=1S/C33H30N2O9/c1-2-12-24-19-35(33(40)34-28(24)36)29-27(44-32(39)23-17-10-5-11-18-23)26(43-31(38)22-15-8-4-9-16-22)25(20-41-29)42-30(37)21-13-6-3-7-14-21/h3-11,13-19,25-27,29H,2,12,20H2,1H3,(H,34,36,40). The Bertz CT molecular complexity index is 1720. The zero-order valence-electron chi connectivity index (χ0n) is 23.8. The second-order valence-electron chi connectivity index (χ2n) is 10.1. The summed E-state index contributed by atoms with van der Waals surface area (Å²) in [6.07, 6.45) is -3.19. The molecule has 3 aromatic carbocycles. The fourth-order valence-electron chi connectivity index (χ4n) is 4.84. The quantitative estimate of drug-likeness (QED) is 0.225. The van der Waals surface area contributed by atoms with E-state index in [1.165, 1.54) is 18.3 Å². The minimum absolute atomic E-state index is 0.184. The Balaban J connectivity index is 1.58. The molecule has 5 rings (SSSR count). The van der Waals surface area contributed by atoms with Gasteiger partial charge in [-0.2, -0.15) is 0 Å². The summed E-state index contributed by atoms with van der Waals surface area (Å²) in [6, 6.07) is 24.4. The first-order valence-electron chi connectivity index (χ1n) is 14.1. The zero-order chi connectivity index (χ0) is 31.1. The van der Waals surface area contributed by atoms with Crippen molar-refractivity contribution in [1.29, 1.82) is 0 Å². The van der Waals surface area contributed by atoms with Crippen LogP contribution in [0.2, 0.25) is 0 Å². The van der Waals surface area contributed by atoms with Gasteiger partial charge in [-0.15, -0.1) is 0 Å². The number of esters is 3. The minimum atomic E-state index is -1.49. The van der Waals surface area contributed by atoms with Gasteiger partial charge in [0.25, 0.3) is 5.56 Å². The number of rotatable bonds is 9. The number of carbonyl (C=O) groups excluding carboxylic acids is 3. The van der Waals surface area contributed by atoms with Crippen molar-refractivity contribution >= 4 is 17.9 Å². The lowest BCUT2D eigenvalue weighted by molar-refractivity contribution is -0.213. The van der Waals surface area contributed by atoms with Crippen LogP contribution in [0.4, 0.5) is 0 Å². The molecule has 1 aliphatic rings. The minimum Gasteiger partial charge on any atom is -0.452 e. The van der Waals surface area contributed by atoms with E-state index in [-0.39, 0.29) is 23.3 Å². The Morgan fingerprint density at radius 1 is 0.750 bits per heavy atom. The van der Waals surface area contributed by atoms with Crippen LogP contribution in [0.25, 0.3) is 0 Å². The van der Waals surface area contributed by atoms with E-state index in [2.05, 4.69) is 4.98 Å². The van der Waals surface area contributed by atoms with E-state index in [0.29, 0.717) is 18.4 Å². The molecule has 2 heterocycles. The SMILES string of the molecule is CCCc1cn(C2OCC(OC(=O)c3ccccc3)C(OC(=O)c3ccccc3)C2OC(=O)c2ccccc2)c(=O)[nH]c1=O. The van der Waals surface area contributed by atoms with Gasteiger partial charge in [0, 0.05) is 11.8 Å².